The third-order valence-electron chi connectivity index (χ3n) is 1.96. The first kappa shape index (κ1) is 10.7. The van der Waals surface area contributed by atoms with E-state index < -0.39 is 5.97 Å². The number of aliphatic hydroxyl groups is 1. The molecule has 0 fully saturated rings. The van der Waals surface area contributed by atoms with E-state index in [0.717, 1.165) is 5.69 Å². The molecule has 1 N–H and O–H groups in total. The molecule has 0 amide bonds. The molecular weight excluding hydrogens is 184 g/mol. The molecule has 5 nitrogen and oxygen atoms in total. The maximum Gasteiger partial charge on any atom is 0.358 e. The molecule has 0 saturated carbocycles. The summed E-state index contributed by atoms with van der Waals surface area (Å²) in [6.45, 7) is 0.138. The lowest BCUT2D eigenvalue weighted by Crippen LogP contribution is -2.03. The van der Waals surface area contributed by atoms with Crippen LogP contribution in [0.5, 0.6) is 0 Å². The predicted molar refractivity (Wildman–Crippen MR) is 50.0 cm³/mol. The molecule has 1 aromatic heterocycles. The van der Waals surface area contributed by atoms with Gasteiger partial charge in [-0.2, -0.15) is 5.10 Å². The lowest BCUT2D eigenvalue weighted by molar-refractivity contribution is 0.0593. The number of carbonyl (C=O) groups is 1. The highest BCUT2D eigenvalue weighted by Gasteiger charge is 2.12. The zero-order valence-corrected chi connectivity index (χ0v) is 8.36. The van der Waals surface area contributed by atoms with Gasteiger partial charge in [0.05, 0.1) is 7.11 Å². The smallest absolute Gasteiger partial charge is 0.358 e. The van der Waals surface area contributed by atoms with Crippen molar-refractivity contribution >= 4 is 5.97 Å². The molecule has 5 heteroatoms. The number of hydrogen-bond acceptors (Lipinski definition) is 4. The Kier molecular flexibility index (Phi) is 3.64. The molecule has 78 valence electrons. The van der Waals surface area contributed by atoms with Crippen molar-refractivity contribution < 1.29 is 14.6 Å². The van der Waals surface area contributed by atoms with E-state index in [1.165, 1.54) is 7.11 Å². The quantitative estimate of drug-likeness (QED) is 0.698. The SMILES string of the molecule is COC(=O)c1cc(CCCO)n(C)n1. The van der Waals surface area contributed by atoms with Gasteiger partial charge in [0, 0.05) is 19.3 Å². The van der Waals surface area contributed by atoms with Crippen LogP contribution < -0.4 is 0 Å². The molecule has 0 radical (unpaired) electrons. The Hall–Kier alpha value is -1.36. The summed E-state index contributed by atoms with van der Waals surface area (Å²) < 4.78 is 6.17. The summed E-state index contributed by atoms with van der Waals surface area (Å²) >= 11 is 0. The van der Waals surface area contributed by atoms with Crippen LogP contribution in [0.4, 0.5) is 0 Å². The van der Waals surface area contributed by atoms with E-state index in [-0.39, 0.29) is 6.61 Å². The van der Waals surface area contributed by atoms with Gasteiger partial charge in [0.1, 0.15) is 0 Å². The monoisotopic (exact) mass is 198 g/mol. The standard InChI is InChI=1S/C9H14N2O3/c1-11-7(4-3-5-12)6-8(10-11)9(13)14-2/h6,12H,3-5H2,1-2H3. The first-order chi connectivity index (χ1) is 6.69. The summed E-state index contributed by atoms with van der Waals surface area (Å²) in [5.74, 6) is -0.434. The number of esters is 1. The van der Waals surface area contributed by atoms with E-state index in [4.69, 9.17) is 5.11 Å². The minimum atomic E-state index is -0.434. The van der Waals surface area contributed by atoms with Gasteiger partial charge in [-0.25, -0.2) is 4.79 Å². The second kappa shape index (κ2) is 4.76. The second-order valence-electron chi connectivity index (χ2n) is 2.96. The number of aryl methyl sites for hydroxylation is 2. The Labute approximate surface area is 82.3 Å². The molecule has 1 heterocycles. The lowest BCUT2D eigenvalue weighted by atomic mass is 10.2. The van der Waals surface area contributed by atoms with E-state index in [2.05, 4.69) is 9.84 Å². The van der Waals surface area contributed by atoms with Crippen molar-refractivity contribution in [1.82, 2.24) is 9.78 Å². The van der Waals surface area contributed by atoms with Gasteiger partial charge in [0.25, 0.3) is 0 Å². The van der Waals surface area contributed by atoms with Gasteiger partial charge in [0.15, 0.2) is 5.69 Å². The van der Waals surface area contributed by atoms with Gasteiger partial charge in [-0.3, -0.25) is 4.68 Å². The van der Waals surface area contributed by atoms with Gasteiger partial charge >= 0.3 is 5.97 Å². The second-order valence-corrected chi connectivity index (χ2v) is 2.96. The summed E-state index contributed by atoms with van der Waals surface area (Å²) in [7, 11) is 3.09. The molecule has 0 atom stereocenters. The Morgan fingerprint density at radius 1 is 1.71 bits per heavy atom. The molecular formula is C9H14N2O3. The van der Waals surface area contributed by atoms with Gasteiger partial charge in [0.2, 0.25) is 0 Å². The Bertz CT molecular complexity index is 320. The van der Waals surface area contributed by atoms with E-state index in [9.17, 15) is 4.79 Å². The predicted octanol–water partition coefficient (Wildman–Crippen LogP) is 0.132. The van der Waals surface area contributed by atoms with E-state index >= 15 is 0 Å². The van der Waals surface area contributed by atoms with Crippen molar-refractivity contribution in [2.45, 2.75) is 12.8 Å². The average Bonchev–Trinajstić information content (AvgIpc) is 2.56. The molecule has 0 saturated heterocycles. The number of aromatic nitrogens is 2. The highest BCUT2D eigenvalue weighted by Crippen LogP contribution is 2.06. The Balaban J connectivity index is 2.76. The van der Waals surface area contributed by atoms with E-state index in [1.54, 1.807) is 17.8 Å². The first-order valence-electron chi connectivity index (χ1n) is 4.41. The molecule has 0 aliphatic rings. The molecule has 0 aliphatic carbocycles. The number of aliphatic hydroxyl groups excluding tert-OH is 1. The normalized spacial score (nSPS) is 10.2. The zero-order chi connectivity index (χ0) is 10.6. The Morgan fingerprint density at radius 3 is 3.00 bits per heavy atom. The molecule has 14 heavy (non-hydrogen) atoms. The fourth-order valence-electron chi connectivity index (χ4n) is 1.20. The zero-order valence-electron chi connectivity index (χ0n) is 8.36. The molecule has 0 unspecified atom stereocenters. The van der Waals surface area contributed by atoms with Crippen molar-refractivity contribution in [3.63, 3.8) is 0 Å². The summed E-state index contributed by atoms with van der Waals surface area (Å²) in [5.41, 5.74) is 1.22. The van der Waals surface area contributed by atoms with Crippen molar-refractivity contribution in [2.75, 3.05) is 13.7 Å². The summed E-state index contributed by atoms with van der Waals surface area (Å²) in [5, 5.41) is 12.7. The van der Waals surface area contributed by atoms with Crippen molar-refractivity contribution in [3.8, 4) is 0 Å². The number of methoxy groups -OCH3 is 1. The van der Waals surface area contributed by atoms with Crippen LogP contribution in [0.1, 0.15) is 22.6 Å². The van der Waals surface area contributed by atoms with E-state index in [0.29, 0.717) is 18.5 Å². The third kappa shape index (κ3) is 2.32. The highest BCUT2D eigenvalue weighted by atomic mass is 16.5. The van der Waals surface area contributed by atoms with Gasteiger partial charge in [-0.05, 0) is 18.9 Å². The van der Waals surface area contributed by atoms with E-state index in [1.807, 2.05) is 0 Å². The molecule has 0 aliphatic heterocycles. The van der Waals surface area contributed by atoms with Gasteiger partial charge < -0.3 is 9.84 Å². The maximum atomic E-state index is 11.1. The van der Waals surface area contributed by atoms with Crippen molar-refractivity contribution in [3.05, 3.63) is 17.5 Å². The molecule has 0 spiro atoms. The van der Waals surface area contributed by atoms with Crippen molar-refractivity contribution in [1.29, 1.82) is 0 Å². The number of carbonyl (C=O) groups excluding carboxylic acids is 1. The number of ether oxygens (including phenoxy) is 1. The van der Waals surface area contributed by atoms with Crippen LogP contribution in [0.2, 0.25) is 0 Å². The van der Waals surface area contributed by atoms with Crippen LogP contribution in [0.3, 0.4) is 0 Å². The number of nitrogens with zero attached hydrogens (tertiary/aromatic N) is 2. The van der Waals surface area contributed by atoms with Crippen LogP contribution in [-0.2, 0) is 18.2 Å². The minimum Gasteiger partial charge on any atom is -0.464 e. The maximum absolute atomic E-state index is 11.1. The molecule has 1 aromatic rings. The summed E-state index contributed by atoms with van der Waals surface area (Å²) in [4.78, 5) is 11.1. The van der Waals surface area contributed by atoms with Crippen LogP contribution in [-0.4, -0.2) is 34.6 Å². The summed E-state index contributed by atoms with van der Waals surface area (Å²) in [6, 6.07) is 1.68. The van der Waals surface area contributed by atoms with Crippen LogP contribution in [0.25, 0.3) is 0 Å². The average molecular weight is 198 g/mol. The Morgan fingerprint density at radius 2 is 2.43 bits per heavy atom. The lowest BCUT2D eigenvalue weighted by Gasteiger charge is -1.97. The van der Waals surface area contributed by atoms with Crippen LogP contribution >= 0.6 is 0 Å². The molecule has 0 bridgehead atoms. The third-order valence-corrected chi connectivity index (χ3v) is 1.96. The first-order valence-corrected chi connectivity index (χ1v) is 4.41. The van der Waals surface area contributed by atoms with Gasteiger partial charge in [-0.15, -0.1) is 0 Å². The minimum absolute atomic E-state index is 0.138. The fraction of sp³-hybridized carbons (Fsp3) is 0.556. The molecule has 0 aromatic carbocycles. The van der Waals surface area contributed by atoms with Gasteiger partial charge in [-0.1, -0.05) is 0 Å². The molecule has 1 rings (SSSR count). The number of rotatable bonds is 4. The topological polar surface area (TPSA) is 64.3 Å². The highest BCUT2D eigenvalue weighted by molar-refractivity contribution is 5.87. The largest absolute Gasteiger partial charge is 0.464 e. The van der Waals surface area contributed by atoms with Crippen LogP contribution in [0, 0.1) is 0 Å². The summed E-state index contributed by atoms with van der Waals surface area (Å²) in [6.07, 6.45) is 1.37. The fourth-order valence-corrected chi connectivity index (χ4v) is 1.20. The van der Waals surface area contributed by atoms with Crippen LogP contribution in [0.15, 0.2) is 6.07 Å². The van der Waals surface area contributed by atoms with Crippen molar-refractivity contribution in [2.24, 2.45) is 7.05 Å². The number of hydrogen-bond donors (Lipinski definition) is 1.